The maximum atomic E-state index is 10.4. The zero-order valence-corrected chi connectivity index (χ0v) is 9.56. The summed E-state index contributed by atoms with van der Waals surface area (Å²) in [4.78, 5) is 13.7. The van der Waals surface area contributed by atoms with Crippen molar-refractivity contribution in [1.82, 2.24) is 10.3 Å². The highest BCUT2D eigenvalue weighted by Gasteiger charge is 2.13. The quantitative estimate of drug-likeness (QED) is 0.610. The Morgan fingerprint density at radius 1 is 1.47 bits per heavy atom. The van der Waals surface area contributed by atoms with Crippen molar-refractivity contribution in [3.63, 3.8) is 0 Å². The molecule has 0 unspecified atom stereocenters. The lowest BCUT2D eigenvalue weighted by atomic mass is 9.98. The van der Waals surface area contributed by atoms with Gasteiger partial charge in [-0.15, -0.1) is 0 Å². The van der Waals surface area contributed by atoms with Crippen LogP contribution in [0.1, 0.15) is 12.8 Å². The number of nitrogens with one attached hydrogen (secondary N) is 2. The third-order valence-corrected chi connectivity index (χ3v) is 2.99. The molecular weight excluding hydrogens is 220 g/mol. The molecule has 0 aliphatic carbocycles. The Morgan fingerprint density at radius 2 is 2.24 bits per heavy atom. The summed E-state index contributed by atoms with van der Waals surface area (Å²) in [7, 11) is 0. The number of rotatable bonds is 4. The molecule has 2 rings (SSSR count). The van der Waals surface area contributed by atoms with Crippen LogP contribution in [0, 0.1) is 16.0 Å². The average molecular weight is 236 g/mol. The Morgan fingerprint density at radius 3 is 2.82 bits per heavy atom. The van der Waals surface area contributed by atoms with Gasteiger partial charge in [-0.3, -0.25) is 0 Å². The number of piperidine rings is 1. The van der Waals surface area contributed by atoms with Crippen molar-refractivity contribution in [3.8, 4) is 0 Å². The lowest BCUT2D eigenvalue weighted by molar-refractivity contribution is -0.389. The van der Waals surface area contributed by atoms with Crippen LogP contribution in [0.2, 0.25) is 0 Å². The van der Waals surface area contributed by atoms with Gasteiger partial charge in [-0.25, -0.2) is 0 Å². The van der Waals surface area contributed by atoms with Crippen LogP contribution in [-0.2, 0) is 0 Å². The van der Waals surface area contributed by atoms with E-state index in [9.17, 15) is 10.1 Å². The van der Waals surface area contributed by atoms with Crippen LogP contribution in [-0.4, -0.2) is 29.5 Å². The van der Waals surface area contributed by atoms with Gasteiger partial charge in [0, 0.05) is 12.6 Å². The minimum atomic E-state index is -0.489. The van der Waals surface area contributed by atoms with Crippen LogP contribution < -0.4 is 10.6 Å². The Kier molecular flexibility index (Phi) is 3.87. The maximum Gasteiger partial charge on any atom is 0.363 e. The molecule has 92 valence electrons. The standard InChI is InChI=1S/C11H16N4O2/c16-15(17)11-2-1-10(8-14-11)13-7-9-3-5-12-6-4-9/h1-2,8-9,12-13H,3-7H2. The lowest BCUT2D eigenvalue weighted by Crippen LogP contribution is -2.31. The normalized spacial score (nSPS) is 16.7. The summed E-state index contributed by atoms with van der Waals surface area (Å²) >= 11 is 0. The number of nitrogens with zero attached hydrogens (tertiary/aromatic N) is 2. The molecule has 0 aromatic carbocycles. The van der Waals surface area contributed by atoms with Crippen LogP contribution in [0.4, 0.5) is 11.5 Å². The van der Waals surface area contributed by atoms with Crippen LogP contribution in [0.15, 0.2) is 18.3 Å². The van der Waals surface area contributed by atoms with E-state index < -0.39 is 4.92 Å². The van der Waals surface area contributed by atoms with Crippen LogP contribution >= 0.6 is 0 Å². The Bertz CT molecular complexity index is 374. The number of aromatic nitrogens is 1. The fourth-order valence-corrected chi connectivity index (χ4v) is 1.95. The second-order valence-electron chi connectivity index (χ2n) is 4.24. The second kappa shape index (κ2) is 5.58. The summed E-state index contributed by atoms with van der Waals surface area (Å²) in [5.74, 6) is 0.559. The first-order valence-electron chi connectivity index (χ1n) is 5.81. The predicted octanol–water partition coefficient (Wildman–Crippen LogP) is 1.40. The number of nitro groups is 1. The van der Waals surface area contributed by atoms with Crippen molar-refractivity contribution in [1.29, 1.82) is 0 Å². The molecule has 0 amide bonds. The largest absolute Gasteiger partial charge is 0.382 e. The van der Waals surface area contributed by atoms with Gasteiger partial charge in [0.15, 0.2) is 6.20 Å². The molecular formula is C11H16N4O2. The van der Waals surface area contributed by atoms with E-state index in [0.717, 1.165) is 25.3 Å². The van der Waals surface area contributed by atoms with Gasteiger partial charge in [0.2, 0.25) is 0 Å². The van der Waals surface area contributed by atoms with E-state index in [1.807, 2.05) is 0 Å². The molecule has 0 bridgehead atoms. The predicted molar refractivity (Wildman–Crippen MR) is 65.0 cm³/mol. The molecule has 6 heteroatoms. The molecule has 0 atom stereocenters. The molecule has 1 aliphatic rings. The number of anilines is 1. The first kappa shape index (κ1) is 11.8. The van der Waals surface area contributed by atoms with E-state index >= 15 is 0 Å². The van der Waals surface area contributed by atoms with Gasteiger partial charge in [0.1, 0.15) is 0 Å². The van der Waals surface area contributed by atoms with Crippen molar-refractivity contribution < 1.29 is 4.92 Å². The third-order valence-electron chi connectivity index (χ3n) is 2.99. The molecule has 1 aromatic heterocycles. The van der Waals surface area contributed by atoms with Gasteiger partial charge < -0.3 is 20.7 Å². The van der Waals surface area contributed by atoms with E-state index in [0.29, 0.717) is 5.92 Å². The number of hydrogen-bond donors (Lipinski definition) is 2. The van der Waals surface area contributed by atoms with Crippen LogP contribution in [0.25, 0.3) is 0 Å². The summed E-state index contributed by atoms with van der Waals surface area (Å²) in [6.07, 6.45) is 3.86. The van der Waals surface area contributed by atoms with Crippen LogP contribution in [0.3, 0.4) is 0 Å². The highest BCUT2D eigenvalue weighted by molar-refractivity contribution is 5.43. The minimum Gasteiger partial charge on any atom is -0.382 e. The fourth-order valence-electron chi connectivity index (χ4n) is 1.95. The smallest absolute Gasteiger partial charge is 0.363 e. The zero-order chi connectivity index (χ0) is 12.1. The molecule has 17 heavy (non-hydrogen) atoms. The summed E-state index contributed by atoms with van der Waals surface area (Å²) in [5, 5.41) is 17.0. The maximum absolute atomic E-state index is 10.4. The summed E-state index contributed by atoms with van der Waals surface area (Å²) < 4.78 is 0. The highest BCUT2D eigenvalue weighted by Crippen LogP contribution is 2.15. The molecule has 0 spiro atoms. The fraction of sp³-hybridized carbons (Fsp3) is 0.545. The lowest BCUT2D eigenvalue weighted by Gasteiger charge is -2.22. The van der Waals surface area contributed by atoms with Gasteiger partial charge in [-0.1, -0.05) is 0 Å². The first-order chi connectivity index (χ1) is 8.25. The molecule has 1 saturated heterocycles. The van der Waals surface area contributed by atoms with E-state index in [2.05, 4.69) is 15.6 Å². The van der Waals surface area contributed by atoms with Gasteiger partial charge in [-0.2, -0.15) is 0 Å². The molecule has 2 heterocycles. The minimum absolute atomic E-state index is 0.114. The molecule has 1 aliphatic heterocycles. The zero-order valence-electron chi connectivity index (χ0n) is 9.56. The summed E-state index contributed by atoms with van der Waals surface area (Å²) in [6.45, 7) is 3.05. The highest BCUT2D eigenvalue weighted by atomic mass is 16.6. The van der Waals surface area contributed by atoms with Crippen molar-refractivity contribution in [2.24, 2.45) is 5.92 Å². The molecule has 1 aromatic rings. The van der Waals surface area contributed by atoms with Gasteiger partial charge in [0.25, 0.3) is 0 Å². The monoisotopic (exact) mass is 236 g/mol. The van der Waals surface area contributed by atoms with Crippen molar-refractivity contribution in [2.75, 3.05) is 25.0 Å². The van der Waals surface area contributed by atoms with Gasteiger partial charge >= 0.3 is 5.82 Å². The Hall–Kier alpha value is -1.69. The molecule has 0 radical (unpaired) electrons. The molecule has 2 N–H and O–H groups in total. The van der Waals surface area contributed by atoms with E-state index in [1.54, 1.807) is 6.07 Å². The Balaban J connectivity index is 1.84. The van der Waals surface area contributed by atoms with E-state index in [1.165, 1.54) is 25.1 Å². The molecule has 1 fully saturated rings. The van der Waals surface area contributed by atoms with E-state index in [-0.39, 0.29) is 5.82 Å². The number of pyridine rings is 1. The Labute approximate surface area is 99.6 Å². The van der Waals surface area contributed by atoms with E-state index in [4.69, 9.17) is 0 Å². The SMILES string of the molecule is O=[N+]([O-])c1ccc(NCC2CCNCC2)cn1. The van der Waals surface area contributed by atoms with Crippen molar-refractivity contribution >= 4 is 11.5 Å². The summed E-state index contributed by atoms with van der Waals surface area (Å²) in [6, 6.07) is 3.12. The average Bonchev–Trinajstić information content (AvgIpc) is 2.38. The first-order valence-corrected chi connectivity index (χ1v) is 5.81. The third kappa shape index (κ3) is 3.39. The van der Waals surface area contributed by atoms with Crippen molar-refractivity contribution in [3.05, 3.63) is 28.4 Å². The topological polar surface area (TPSA) is 80.1 Å². The van der Waals surface area contributed by atoms with Crippen LogP contribution in [0.5, 0.6) is 0 Å². The van der Waals surface area contributed by atoms with Crippen molar-refractivity contribution in [2.45, 2.75) is 12.8 Å². The number of hydrogen-bond acceptors (Lipinski definition) is 5. The second-order valence-corrected chi connectivity index (χ2v) is 4.24. The van der Waals surface area contributed by atoms with Gasteiger partial charge in [-0.05, 0) is 47.8 Å². The summed E-state index contributed by atoms with van der Waals surface area (Å²) in [5.41, 5.74) is 0.842. The molecule has 6 nitrogen and oxygen atoms in total. The van der Waals surface area contributed by atoms with Gasteiger partial charge in [0.05, 0.1) is 5.69 Å². The molecule has 0 saturated carbocycles.